The van der Waals surface area contributed by atoms with Crippen LogP contribution in [0, 0.1) is 0 Å². The number of hydrogen-bond donors (Lipinski definition) is 1. The number of carbonyl (C=O) groups excluding carboxylic acids is 1. The summed E-state index contributed by atoms with van der Waals surface area (Å²) in [4.78, 5) is 11.5. The van der Waals surface area contributed by atoms with Crippen LogP contribution in [-0.2, 0) is 13.9 Å². The highest BCUT2D eigenvalue weighted by molar-refractivity contribution is 7.60. The van der Waals surface area contributed by atoms with Crippen molar-refractivity contribution in [3.63, 3.8) is 0 Å². The van der Waals surface area contributed by atoms with E-state index in [9.17, 15) is 14.5 Å². The van der Waals surface area contributed by atoms with Crippen LogP contribution < -0.4 is 0 Å². The number of quaternary nitrogens is 1. The highest BCUT2D eigenvalue weighted by Crippen LogP contribution is 2.53. The van der Waals surface area contributed by atoms with E-state index >= 15 is 0 Å². The fourth-order valence-corrected chi connectivity index (χ4v) is 3.86. The van der Waals surface area contributed by atoms with Gasteiger partial charge in [0, 0.05) is 11.7 Å². The molecule has 0 aromatic carbocycles. The molecule has 17 heavy (non-hydrogen) atoms. The van der Waals surface area contributed by atoms with Gasteiger partial charge in [0.15, 0.2) is 5.78 Å². The van der Waals surface area contributed by atoms with E-state index in [0.29, 0.717) is 0 Å². The molecule has 0 aromatic rings. The molecule has 2 unspecified atom stereocenters. The Hall–Kier alpha value is -0.640. The first-order chi connectivity index (χ1) is 7.58. The SMILES string of the molecule is C=C(C)C(=O)OP(=O)(CC)C(CO)[N+](C)(C)C. The molecule has 0 saturated carbocycles. The monoisotopic (exact) mass is 264 g/mol. The molecule has 100 valence electrons. The highest BCUT2D eigenvalue weighted by Gasteiger charge is 2.44. The molecule has 0 radical (unpaired) electrons. The zero-order chi connectivity index (χ0) is 13.9. The molecule has 0 aliphatic carbocycles. The van der Waals surface area contributed by atoms with Crippen LogP contribution in [0.1, 0.15) is 13.8 Å². The first kappa shape index (κ1) is 16.4. The zero-order valence-corrected chi connectivity index (χ0v) is 12.2. The van der Waals surface area contributed by atoms with Crippen molar-refractivity contribution in [2.45, 2.75) is 19.6 Å². The Balaban J connectivity index is 5.20. The Kier molecular flexibility index (Phi) is 5.59. The molecular weight excluding hydrogens is 241 g/mol. The van der Waals surface area contributed by atoms with Gasteiger partial charge in [0.05, 0.1) is 21.1 Å². The molecule has 1 N–H and O–H groups in total. The number of aliphatic hydroxyl groups is 1. The molecule has 0 amide bonds. The molecule has 0 bridgehead atoms. The number of nitrogens with zero attached hydrogens (tertiary/aromatic N) is 1. The summed E-state index contributed by atoms with van der Waals surface area (Å²) in [5.41, 5.74) is 0.205. The molecule has 0 heterocycles. The van der Waals surface area contributed by atoms with Crippen LogP contribution in [0.2, 0.25) is 0 Å². The summed E-state index contributed by atoms with van der Waals surface area (Å²) in [6, 6.07) is 0. The third-order valence-corrected chi connectivity index (χ3v) is 5.66. The third kappa shape index (κ3) is 4.26. The molecule has 0 saturated heterocycles. The van der Waals surface area contributed by atoms with Gasteiger partial charge in [0.25, 0.3) is 0 Å². The molecule has 0 aromatic heterocycles. The van der Waals surface area contributed by atoms with E-state index in [1.807, 2.05) is 0 Å². The maximum Gasteiger partial charge on any atom is 0.338 e. The number of carbonyl (C=O) groups is 1. The fraction of sp³-hybridized carbons (Fsp3) is 0.727. The molecule has 0 fully saturated rings. The smallest absolute Gasteiger partial charge is 0.338 e. The van der Waals surface area contributed by atoms with Gasteiger partial charge >= 0.3 is 13.3 Å². The molecule has 0 aliphatic rings. The van der Waals surface area contributed by atoms with Crippen molar-refractivity contribution in [2.75, 3.05) is 33.9 Å². The molecule has 0 spiro atoms. The minimum Gasteiger partial charge on any atom is -0.404 e. The molecule has 0 rings (SSSR count). The van der Waals surface area contributed by atoms with Crippen LogP contribution in [0.15, 0.2) is 12.2 Å². The molecular formula is C11H23NO4P+. The second kappa shape index (κ2) is 5.80. The zero-order valence-electron chi connectivity index (χ0n) is 11.3. The van der Waals surface area contributed by atoms with Crippen LogP contribution in [0.4, 0.5) is 0 Å². The lowest BCUT2D eigenvalue weighted by Gasteiger charge is -2.36. The summed E-state index contributed by atoms with van der Waals surface area (Å²) in [6.07, 6.45) is 0.201. The van der Waals surface area contributed by atoms with Crippen molar-refractivity contribution in [1.82, 2.24) is 0 Å². The Morgan fingerprint density at radius 3 is 2.18 bits per heavy atom. The minimum atomic E-state index is -3.23. The largest absolute Gasteiger partial charge is 0.404 e. The van der Waals surface area contributed by atoms with Gasteiger partial charge in [-0.3, -0.25) is 4.57 Å². The van der Waals surface area contributed by atoms with E-state index in [4.69, 9.17) is 4.52 Å². The quantitative estimate of drug-likeness (QED) is 0.448. The Labute approximate surface area is 103 Å². The van der Waals surface area contributed by atoms with E-state index in [1.165, 1.54) is 6.92 Å². The van der Waals surface area contributed by atoms with E-state index in [-0.39, 0.29) is 22.8 Å². The van der Waals surface area contributed by atoms with Crippen LogP contribution in [0.5, 0.6) is 0 Å². The molecule has 2 atom stereocenters. The Morgan fingerprint density at radius 2 is 1.94 bits per heavy atom. The maximum atomic E-state index is 12.6. The lowest BCUT2D eigenvalue weighted by molar-refractivity contribution is -0.883. The summed E-state index contributed by atoms with van der Waals surface area (Å²) < 4.78 is 18.0. The lowest BCUT2D eigenvalue weighted by Crippen LogP contribution is -2.47. The maximum absolute atomic E-state index is 12.6. The lowest BCUT2D eigenvalue weighted by atomic mass is 10.4. The van der Waals surface area contributed by atoms with Crippen molar-refractivity contribution in [1.29, 1.82) is 0 Å². The van der Waals surface area contributed by atoms with Gasteiger partial charge in [-0.25, -0.2) is 4.79 Å². The van der Waals surface area contributed by atoms with E-state index in [0.717, 1.165) is 0 Å². The molecule has 6 heteroatoms. The van der Waals surface area contributed by atoms with E-state index in [1.54, 1.807) is 28.1 Å². The first-order valence-corrected chi connectivity index (χ1v) is 7.36. The van der Waals surface area contributed by atoms with Gasteiger partial charge in [0.2, 0.25) is 0 Å². The normalized spacial score (nSPS) is 17.1. The highest BCUT2D eigenvalue weighted by atomic mass is 31.2. The summed E-state index contributed by atoms with van der Waals surface area (Å²) in [6.45, 7) is 6.35. The minimum absolute atomic E-state index is 0.201. The number of aliphatic hydroxyl groups excluding tert-OH is 1. The average Bonchev–Trinajstić information content (AvgIpc) is 2.16. The van der Waals surface area contributed by atoms with Crippen LogP contribution in [-0.4, -0.2) is 55.3 Å². The summed E-state index contributed by atoms with van der Waals surface area (Å²) in [5.74, 6) is -1.28. The van der Waals surface area contributed by atoms with Gasteiger partial charge < -0.3 is 14.1 Å². The van der Waals surface area contributed by atoms with Gasteiger partial charge in [-0.2, -0.15) is 0 Å². The van der Waals surface area contributed by atoms with Crippen LogP contribution in [0.25, 0.3) is 0 Å². The van der Waals surface area contributed by atoms with Crippen molar-refractivity contribution >= 4 is 13.3 Å². The van der Waals surface area contributed by atoms with Crippen molar-refractivity contribution < 1.29 is 23.5 Å². The molecule has 0 aliphatic heterocycles. The molecule has 5 nitrogen and oxygen atoms in total. The van der Waals surface area contributed by atoms with Crippen molar-refractivity contribution in [3.8, 4) is 0 Å². The topological polar surface area (TPSA) is 63.6 Å². The third-order valence-electron chi connectivity index (χ3n) is 2.54. The van der Waals surface area contributed by atoms with E-state index < -0.39 is 19.1 Å². The van der Waals surface area contributed by atoms with Crippen LogP contribution >= 0.6 is 7.37 Å². The van der Waals surface area contributed by atoms with Gasteiger partial charge in [-0.05, 0) is 6.92 Å². The van der Waals surface area contributed by atoms with Crippen molar-refractivity contribution in [2.24, 2.45) is 0 Å². The second-order valence-electron chi connectivity index (χ2n) is 4.98. The van der Waals surface area contributed by atoms with Crippen molar-refractivity contribution in [3.05, 3.63) is 12.2 Å². The number of likely N-dealkylation sites (N-methyl/N-ethyl adjacent to an activating group) is 1. The summed E-state index contributed by atoms with van der Waals surface area (Å²) >= 11 is 0. The van der Waals surface area contributed by atoms with Gasteiger partial charge in [-0.15, -0.1) is 0 Å². The van der Waals surface area contributed by atoms with Crippen LogP contribution in [0.3, 0.4) is 0 Å². The Bertz CT molecular complexity index is 346. The van der Waals surface area contributed by atoms with E-state index in [2.05, 4.69) is 6.58 Å². The standard InChI is InChI=1S/C11H23NO4P/c1-7-17(15,16-11(14)9(2)3)10(8-13)12(4,5)6/h10,13H,2,7-8H2,1,3-6H3/q+1. The number of rotatable bonds is 6. The fourth-order valence-electron chi connectivity index (χ4n) is 1.45. The Morgan fingerprint density at radius 1 is 1.47 bits per heavy atom. The predicted octanol–water partition coefficient (Wildman–Crippen LogP) is 1.43. The second-order valence-corrected chi connectivity index (χ2v) is 7.84. The summed E-state index contributed by atoms with van der Waals surface area (Å²) in [5, 5.41) is 9.38. The first-order valence-electron chi connectivity index (χ1n) is 5.48. The average molecular weight is 264 g/mol. The summed E-state index contributed by atoms with van der Waals surface area (Å²) in [7, 11) is 2.18. The van der Waals surface area contributed by atoms with Gasteiger partial charge in [-0.1, -0.05) is 13.5 Å². The number of hydrogen-bond acceptors (Lipinski definition) is 4. The predicted molar refractivity (Wildman–Crippen MR) is 68.0 cm³/mol. The van der Waals surface area contributed by atoms with Gasteiger partial charge in [0.1, 0.15) is 6.61 Å².